The third kappa shape index (κ3) is 4.79. The van der Waals surface area contributed by atoms with Gasteiger partial charge in [-0.05, 0) is 42.3 Å². The van der Waals surface area contributed by atoms with Gasteiger partial charge < -0.3 is 0 Å². The molecule has 0 fully saturated rings. The van der Waals surface area contributed by atoms with Crippen LogP contribution in [0.5, 0.6) is 0 Å². The molecule has 0 atom stereocenters. The van der Waals surface area contributed by atoms with E-state index in [1.807, 2.05) is 24.3 Å². The number of sulfonamides is 1. The lowest BCUT2D eigenvalue weighted by atomic mass is 10.1. The van der Waals surface area contributed by atoms with E-state index in [4.69, 9.17) is 26.8 Å². The van der Waals surface area contributed by atoms with Crippen molar-refractivity contribution in [3.8, 4) is 5.69 Å². The number of aromatic nitrogens is 3. The van der Waals surface area contributed by atoms with Crippen molar-refractivity contribution >= 4 is 21.6 Å². The Bertz CT molecular complexity index is 1170. The van der Waals surface area contributed by atoms with Gasteiger partial charge in [0.1, 0.15) is 5.82 Å². The van der Waals surface area contributed by atoms with Crippen molar-refractivity contribution < 1.29 is 8.42 Å². The SMILES string of the molecule is NS(=O)(=O)c1ccc(-n2nc(CN3CC=CCC3)nc2Cc2ccccc2Cl)cc1. The molecule has 0 saturated carbocycles. The average Bonchev–Trinajstić information content (AvgIpc) is 3.12. The van der Waals surface area contributed by atoms with Crippen LogP contribution in [-0.4, -0.2) is 41.2 Å². The minimum Gasteiger partial charge on any atom is -0.292 e. The van der Waals surface area contributed by atoms with Crippen molar-refractivity contribution in [2.75, 3.05) is 13.1 Å². The Morgan fingerprint density at radius 1 is 1.07 bits per heavy atom. The Kier molecular flexibility index (Phi) is 6.01. The normalized spacial score (nSPS) is 14.9. The summed E-state index contributed by atoms with van der Waals surface area (Å²) in [5.41, 5.74) is 1.66. The summed E-state index contributed by atoms with van der Waals surface area (Å²) in [4.78, 5) is 7.11. The summed E-state index contributed by atoms with van der Waals surface area (Å²) in [6.07, 6.45) is 5.85. The monoisotopic (exact) mass is 443 g/mol. The van der Waals surface area contributed by atoms with Crippen LogP contribution in [0, 0.1) is 0 Å². The van der Waals surface area contributed by atoms with Crippen LogP contribution >= 0.6 is 11.6 Å². The van der Waals surface area contributed by atoms with Crippen LogP contribution in [0.3, 0.4) is 0 Å². The maximum atomic E-state index is 11.6. The van der Waals surface area contributed by atoms with E-state index < -0.39 is 10.0 Å². The molecule has 2 N–H and O–H groups in total. The molecule has 4 rings (SSSR count). The van der Waals surface area contributed by atoms with E-state index in [9.17, 15) is 8.42 Å². The van der Waals surface area contributed by atoms with E-state index in [0.717, 1.165) is 30.9 Å². The van der Waals surface area contributed by atoms with Crippen LogP contribution in [-0.2, 0) is 23.0 Å². The number of halogens is 1. The molecule has 156 valence electrons. The fraction of sp³-hybridized carbons (Fsp3) is 0.238. The molecule has 1 aromatic heterocycles. The Morgan fingerprint density at radius 3 is 2.50 bits per heavy atom. The number of benzene rings is 2. The molecular formula is C21H22ClN5O2S. The van der Waals surface area contributed by atoms with Crippen LogP contribution < -0.4 is 5.14 Å². The Labute approximate surface area is 180 Å². The highest BCUT2D eigenvalue weighted by atomic mass is 35.5. The molecule has 0 aliphatic carbocycles. The van der Waals surface area contributed by atoms with Gasteiger partial charge in [0.05, 0.1) is 17.1 Å². The number of hydrogen-bond donors (Lipinski definition) is 1. The maximum absolute atomic E-state index is 11.6. The minimum absolute atomic E-state index is 0.0550. The second-order valence-electron chi connectivity index (χ2n) is 7.16. The summed E-state index contributed by atoms with van der Waals surface area (Å²) in [6.45, 7) is 2.48. The lowest BCUT2D eigenvalue weighted by molar-refractivity contribution is 0.283. The predicted molar refractivity (Wildman–Crippen MR) is 116 cm³/mol. The van der Waals surface area contributed by atoms with Gasteiger partial charge in [0.2, 0.25) is 10.0 Å². The molecule has 30 heavy (non-hydrogen) atoms. The van der Waals surface area contributed by atoms with Gasteiger partial charge in [-0.1, -0.05) is 42.0 Å². The van der Waals surface area contributed by atoms with E-state index in [1.54, 1.807) is 16.8 Å². The number of hydrogen-bond acceptors (Lipinski definition) is 5. The summed E-state index contributed by atoms with van der Waals surface area (Å²) in [5.74, 6) is 1.44. The molecule has 7 nitrogen and oxygen atoms in total. The summed E-state index contributed by atoms with van der Waals surface area (Å²) < 4.78 is 24.9. The molecule has 1 aliphatic rings. The van der Waals surface area contributed by atoms with Gasteiger partial charge in [-0.15, -0.1) is 5.10 Å². The van der Waals surface area contributed by atoms with Crippen LogP contribution in [0.25, 0.3) is 5.69 Å². The summed E-state index contributed by atoms with van der Waals surface area (Å²) in [5, 5.41) is 10.6. The fourth-order valence-corrected chi connectivity index (χ4v) is 4.12. The molecule has 3 aromatic rings. The quantitative estimate of drug-likeness (QED) is 0.591. The maximum Gasteiger partial charge on any atom is 0.238 e. The van der Waals surface area contributed by atoms with Gasteiger partial charge in [-0.3, -0.25) is 4.90 Å². The van der Waals surface area contributed by atoms with E-state index in [2.05, 4.69) is 17.1 Å². The molecule has 0 spiro atoms. The number of nitrogens with two attached hydrogens (primary N) is 1. The van der Waals surface area contributed by atoms with Crippen molar-refractivity contribution in [3.05, 3.63) is 82.9 Å². The van der Waals surface area contributed by atoms with Crippen molar-refractivity contribution in [2.45, 2.75) is 24.3 Å². The van der Waals surface area contributed by atoms with Crippen molar-refractivity contribution in [2.24, 2.45) is 5.14 Å². The van der Waals surface area contributed by atoms with Gasteiger partial charge >= 0.3 is 0 Å². The summed E-state index contributed by atoms with van der Waals surface area (Å²) in [6, 6.07) is 13.9. The second-order valence-corrected chi connectivity index (χ2v) is 9.13. The molecule has 0 bridgehead atoms. The van der Waals surface area contributed by atoms with Gasteiger partial charge in [0.15, 0.2) is 5.82 Å². The summed E-state index contributed by atoms with van der Waals surface area (Å²) >= 11 is 6.35. The highest BCUT2D eigenvalue weighted by molar-refractivity contribution is 7.89. The standard InChI is InChI=1S/C21H22ClN5O2S/c22-19-7-3-2-6-16(19)14-21-24-20(15-26-12-4-1-5-13-26)25-27(21)17-8-10-18(11-9-17)30(23,28)29/h1-4,6-11H,5,12-15H2,(H2,23,28,29). The topological polar surface area (TPSA) is 94.1 Å². The second kappa shape index (κ2) is 8.69. The molecule has 0 unspecified atom stereocenters. The van der Waals surface area contributed by atoms with Crippen LogP contribution in [0.1, 0.15) is 23.6 Å². The van der Waals surface area contributed by atoms with E-state index in [1.165, 1.54) is 12.1 Å². The number of nitrogens with zero attached hydrogens (tertiary/aromatic N) is 4. The zero-order valence-corrected chi connectivity index (χ0v) is 17.9. The van der Waals surface area contributed by atoms with Crippen LogP contribution in [0.2, 0.25) is 5.02 Å². The molecule has 2 aromatic carbocycles. The van der Waals surface area contributed by atoms with E-state index in [-0.39, 0.29) is 4.90 Å². The van der Waals surface area contributed by atoms with E-state index >= 15 is 0 Å². The first-order valence-electron chi connectivity index (χ1n) is 9.59. The largest absolute Gasteiger partial charge is 0.292 e. The molecule has 0 amide bonds. The van der Waals surface area contributed by atoms with Crippen molar-refractivity contribution in [1.29, 1.82) is 0 Å². The Morgan fingerprint density at radius 2 is 1.83 bits per heavy atom. The van der Waals surface area contributed by atoms with Crippen LogP contribution in [0.15, 0.2) is 65.6 Å². The molecular weight excluding hydrogens is 422 g/mol. The first kappa shape index (κ1) is 20.7. The third-order valence-corrected chi connectivity index (χ3v) is 6.24. The minimum atomic E-state index is -3.76. The first-order chi connectivity index (χ1) is 14.4. The Hall–Kier alpha value is -2.52. The smallest absolute Gasteiger partial charge is 0.238 e. The lowest BCUT2D eigenvalue weighted by Gasteiger charge is -2.20. The highest BCUT2D eigenvalue weighted by Crippen LogP contribution is 2.21. The Balaban J connectivity index is 1.69. The molecule has 1 aliphatic heterocycles. The molecule has 0 radical (unpaired) electrons. The summed E-state index contributed by atoms with van der Waals surface area (Å²) in [7, 11) is -3.76. The third-order valence-electron chi connectivity index (χ3n) is 4.94. The van der Waals surface area contributed by atoms with Gasteiger partial charge in [0.25, 0.3) is 0 Å². The van der Waals surface area contributed by atoms with Gasteiger partial charge in [0, 0.05) is 24.5 Å². The van der Waals surface area contributed by atoms with Crippen LogP contribution in [0.4, 0.5) is 0 Å². The number of primary sulfonamides is 1. The molecule has 9 heteroatoms. The average molecular weight is 444 g/mol. The zero-order valence-electron chi connectivity index (χ0n) is 16.3. The molecule has 2 heterocycles. The molecule has 0 saturated heterocycles. The van der Waals surface area contributed by atoms with Gasteiger partial charge in [-0.25, -0.2) is 23.2 Å². The van der Waals surface area contributed by atoms with Crippen molar-refractivity contribution in [1.82, 2.24) is 19.7 Å². The lowest BCUT2D eigenvalue weighted by Crippen LogP contribution is -2.27. The van der Waals surface area contributed by atoms with Crippen molar-refractivity contribution in [3.63, 3.8) is 0 Å². The number of rotatable bonds is 6. The predicted octanol–water partition coefficient (Wildman–Crippen LogP) is 2.92. The van der Waals surface area contributed by atoms with E-state index in [0.29, 0.717) is 29.5 Å². The van der Waals surface area contributed by atoms with Gasteiger partial charge in [-0.2, -0.15) is 0 Å². The fourth-order valence-electron chi connectivity index (χ4n) is 3.40. The zero-order chi connectivity index (χ0) is 21.1. The first-order valence-corrected chi connectivity index (χ1v) is 11.5. The highest BCUT2D eigenvalue weighted by Gasteiger charge is 2.17.